The van der Waals surface area contributed by atoms with Crippen LogP contribution in [0.2, 0.25) is 0 Å². The van der Waals surface area contributed by atoms with Gasteiger partial charge in [-0.25, -0.2) is 5.01 Å². The number of hydrogen-bond donors (Lipinski definition) is 0. The molecule has 82 valence electrons. The predicted molar refractivity (Wildman–Crippen MR) is 62.2 cm³/mol. The molecule has 1 unspecified atom stereocenters. The Kier molecular flexibility index (Phi) is 2.06. The molecule has 1 aromatic rings. The quantitative estimate of drug-likeness (QED) is 0.701. The molecule has 16 heavy (non-hydrogen) atoms. The van der Waals surface area contributed by atoms with E-state index < -0.39 is 0 Å². The highest BCUT2D eigenvalue weighted by Crippen LogP contribution is 2.32. The maximum Gasteiger partial charge on any atom is 0.243 e. The third kappa shape index (κ3) is 1.28. The van der Waals surface area contributed by atoms with E-state index in [2.05, 4.69) is 23.3 Å². The summed E-state index contributed by atoms with van der Waals surface area (Å²) in [7, 11) is 0. The molecule has 0 saturated heterocycles. The van der Waals surface area contributed by atoms with Crippen molar-refractivity contribution in [3.8, 4) is 0 Å². The molecule has 0 radical (unpaired) electrons. The van der Waals surface area contributed by atoms with Crippen LogP contribution in [0.3, 0.4) is 0 Å². The van der Waals surface area contributed by atoms with Crippen LogP contribution in [0.5, 0.6) is 0 Å². The summed E-state index contributed by atoms with van der Waals surface area (Å²) < 4.78 is 0. The van der Waals surface area contributed by atoms with E-state index in [9.17, 15) is 4.79 Å². The summed E-state index contributed by atoms with van der Waals surface area (Å²) in [5.74, 6) is 0.469. The molecule has 0 fully saturated rings. The Bertz CT molecular complexity index is 479. The van der Waals surface area contributed by atoms with Gasteiger partial charge in [0.25, 0.3) is 0 Å². The van der Waals surface area contributed by atoms with E-state index >= 15 is 0 Å². The zero-order valence-electron chi connectivity index (χ0n) is 9.31. The van der Waals surface area contributed by atoms with Gasteiger partial charge in [-0.1, -0.05) is 24.3 Å². The van der Waals surface area contributed by atoms with Gasteiger partial charge >= 0.3 is 0 Å². The molecular formula is C13H14N2O. The Labute approximate surface area is 94.8 Å². The molecule has 0 N–H and O–H groups in total. The molecule has 1 heterocycles. The molecule has 1 aliphatic carbocycles. The van der Waals surface area contributed by atoms with Crippen molar-refractivity contribution in [1.82, 2.24) is 5.01 Å². The number of amides is 1. The minimum absolute atomic E-state index is 0.157. The van der Waals surface area contributed by atoms with E-state index in [4.69, 9.17) is 0 Å². The van der Waals surface area contributed by atoms with Gasteiger partial charge in [-0.05, 0) is 18.9 Å². The monoisotopic (exact) mass is 214 g/mol. The smallest absolute Gasteiger partial charge is 0.243 e. The number of hydrazone groups is 1. The van der Waals surface area contributed by atoms with Gasteiger partial charge in [0.2, 0.25) is 5.91 Å². The first kappa shape index (κ1) is 9.58. The first-order valence-corrected chi connectivity index (χ1v) is 5.76. The third-order valence-electron chi connectivity index (χ3n) is 3.38. The van der Waals surface area contributed by atoms with Crippen LogP contribution in [0.4, 0.5) is 0 Å². The molecule has 0 saturated carbocycles. The van der Waals surface area contributed by atoms with E-state index in [1.165, 1.54) is 11.1 Å². The Balaban J connectivity index is 2.07. The maximum atomic E-state index is 11.7. The average molecular weight is 214 g/mol. The van der Waals surface area contributed by atoms with E-state index in [1.54, 1.807) is 5.01 Å². The lowest BCUT2D eigenvalue weighted by Gasteiger charge is -2.24. The summed E-state index contributed by atoms with van der Waals surface area (Å²) in [5, 5.41) is 6.08. The first-order chi connectivity index (χ1) is 7.79. The maximum absolute atomic E-state index is 11.7. The van der Waals surface area contributed by atoms with Gasteiger partial charge in [-0.15, -0.1) is 0 Å². The number of nitrogens with zero attached hydrogens (tertiary/aromatic N) is 2. The van der Waals surface area contributed by atoms with Crippen LogP contribution in [-0.2, 0) is 11.2 Å². The molecule has 0 spiro atoms. The molecule has 1 amide bonds. The molecule has 0 bridgehead atoms. The Morgan fingerprint density at radius 3 is 3.00 bits per heavy atom. The number of fused-ring (bicyclic) bond motifs is 3. The molecule has 3 nitrogen and oxygen atoms in total. The van der Waals surface area contributed by atoms with Crippen LogP contribution in [0.1, 0.15) is 24.5 Å². The molecule has 2 aliphatic rings. The normalized spacial score (nSPS) is 22.8. The van der Waals surface area contributed by atoms with Crippen molar-refractivity contribution >= 4 is 11.6 Å². The van der Waals surface area contributed by atoms with Gasteiger partial charge in [0.05, 0.1) is 5.71 Å². The summed E-state index contributed by atoms with van der Waals surface area (Å²) in [6.07, 6.45) is 1.58. The topological polar surface area (TPSA) is 32.7 Å². The van der Waals surface area contributed by atoms with Crippen molar-refractivity contribution in [3.63, 3.8) is 0 Å². The van der Waals surface area contributed by atoms with Gasteiger partial charge in [-0.3, -0.25) is 4.79 Å². The van der Waals surface area contributed by atoms with Gasteiger partial charge < -0.3 is 0 Å². The van der Waals surface area contributed by atoms with Gasteiger partial charge in [0.15, 0.2) is 0 Å². The molecular weight excluding hydrogens is 200 g/mol. The highest BCUT2D eigenvalue weighted by Gasteiger charge is 2.35. The summed E-state index contributed by atoms with van der Waals surface area (Å²) in [6.45, 7) is 2.63. The van der Waals surface area contributed by atoms with Gasteiger partial charge in [-0.2, -0.15) is 5.10 Å². The number of rotatable bonds is 1. The van der Waals surface area contributed by atoms with Crippen molar-refractivity contribution in [1.29, 1.82) is 0 Å². The van der Waals surface area contributed by atoms with Gasteiger partial charge in [0, 0.05) is 24.4 Å². The lowest BCUT2D eigenvalue weighted by molar-refractivity contribution is -0.132. The largest absolute Gasteiger partial charge is 0.273 e. The number of carbonyl (C=O) groups is 1. The van der Waals surface area contributed by atoms with Crippen molar-refractivity contribution in [2.45, 2.75) is 19.8 Å². The Morgan fingerprint density at radius 1 is 1.38 bits per heavy atom. The van der Waals surface area contributed by atoms with Gasteiger partial charge in [0.1, 0.15) is 0 Å². The number of carbonyl (C=O) groups excluding carboxylic acids is 1. The zero-order valence-corrected chi connectivity index (χ0v) is 9.31. The minimum Gasteiger partial charge on any atom is -0.273 e. The van der Waals surface area contributed by atoms with E-state index in [-0.39, 0.29) is 5.91 Å². The fourth-order valence-electron chi connectivity index (χ4n) is 2.58. The zero-order chi connectivity index (χ0) is 11.1. The second-order valence-corrected chi connectivity index (χ2v) is 4.36. The summed E-state index contributed by atoms with van der Waals surface area (Å²) in [4.78, 5) is 11.7. The molecule has 1 aliphatic heterocycles. The van der Waals surface area contributed by atoms with Crippen LogP contribution in [0, 0.1) is 5.92 Å². The van der Waals surface area contributed by atoms with Crippen LogP contribution >= 0.6 is 0 Å². The van der Waals surface area contributed by atoms with Crippen LogP contribution < -0.4 is 0 Å². The van der Waals surface area contributed by atoms with E-state index in [1.807, 2.05) is 13.0 Å². The highest BCUT2D eigenvalue weighted by atomic mass is 16.2. The molecule has 3 rings (SSSR count). The van der Waals surface area contributed by atoms with Crippen LogP contribution in [0.25, 0.3) is 0 Å². The summed E-state index contributed by atoms with van der Waals surface area (Å²) in [6, 6.07) is 8.33. The second kappa shape index (κ2) is 3.44. The highest BCUT2D eigenvalue weighted by molar-refractivity contribution is 6.09. The average Bonchev–Trinajstić information content (AvgIpc) is 2.65. The number of hydrogen-bond acceptors (Lipinski definition) is 2. The van der Waals surface area contributed by atoms with Crippen molar-refractivity contribution < 1.29 is 4.79 Å². The number of benzene rings is 1. The van der Waals surface area contributed by atoms with Crippen molar-refractivity contribution in [2.24, 2.45) is 11.0 Å². The predicted octanol–water partition coefficient (Wildman–Crippen LogP) is 1.82. The van der Waals surface area contributed by atoms with Crippen molar-refractivity contribution in [2.75, 3.05) is 6.54 Å². The second-order valence-electron chi connectivity index (χ2n) is 4.36. The fraction of sp³-hybridized carbons (Fsp3) is 0.385. The van der Waals surface area contributed by atoms with E-state index in [0.29, 0.717) is 18.9 Å². The molecule has 1 aromatic carbocycles. The Hall–Kier alpha value is -1.64. The molecule has 1 atom stereocenters. The fourth-order valence-corrected chi connectivity index (χ4v) is 2.58. The Morgan fingerprint density at radius 2 is 2.19 bits per heavy atom. The standard InChI is InChI=1S/C13H14N2O/c1-2-15-12(16)8-10-7-9-5-3-4-6-11(9)13(10)14-15/h3-6,10H,2,7-8H2,1H3. The van der Waals surface area contributed by atoms with Crippen LogP contribution in [-0.4, -0.2) is 23.2 Å². The first-order valence-electron chi connectivity index (χ1n) is 5.76. The molecule has 3 heteroatoms. The summed E-state index contributed by atoms with van der Waals surface area (Å²) >= 11 is 0. The van der Waals surface area contributed by atoms with Crippen LogP contribution in [0.15, 0.2) is 29.4 Å². The minimum atomic E-state index is 0.157. The lowest BCUT2D eigenvalue weighted by atomic mass is 9.98. The van der Waals surface area contributed by atoms with E-state index in [0.717, 1.165) is 12.1 Å². The SMILES string of the molecule is CCN1N=C2c3ccccc3CC2CC1=O. The summed E-state index contributed by atoms with van der Waals surface area (Å²) in [5.41, 5.74) is 3.67. The van der Waals surface area contributed by atoms with Crippen molar-refractivity contribution in [3.05, 3.63) is 35.4 Å². The lowest BCUT2D eigenvalue weighted by Crippen LogP contribution is -2.35. The third-order valence-corrected chi connectivity index (χ3v) is 3.38. The molecule has 0 aromatic heterocycles.